The minimum absolute atomic E-state index is 0.723. The van der Waals surface area contributed by atoms with E-state index in [1.807, 2.05) is 25.1 Å². The predicted molar refractivity (Wildman–Crippen MR) is 100 cm³/mol. The van der Waals surface area contributed by atoms with Gasteiger partial charge in [0.05, 0.1) is 0 Å². The lowest BCUT2D eigenvalue weighted by atomic mass is 10.1. The summed E-state index contributed by atoms with van der Waals surface area (Å²) in [5.74, 6) is 2.28. The van der Waals surface area contributed by atoms with E-state index in [4.69, 9.17) is 0 Å². The molecule has 4 nitrogen and oxygen atoms in total. The molecule has 122 valence electrons. The highest BCUT2D eigenvalue weighted by Gasteiger charge is 2.04. The second-order valence-electron chi connectivity index (χ2n) is 5.86. The smallest absolute Gasteiger partial charge is 0.136 e. The SMILES string of the molecule is CCc1ccc(Nc2cc(Nc3cccc(C)c3)nc(C)n2)cc1. The lowest BCUT2D eigenvalue weighted by molar-refractivity contribution is 1.06. The molecule has 1 heterocycles. The molecule has 0 fully saturated rings. The van der Waals surface area contributed by atoms with Crippen molar-refractivity contribution in [3.8, 4) is 0 Å². The molecule has 0 radical (unpaired) electrons. The van der Waals surface area contributed by atoms with Crippen LogP contribution in [0.3, 0.4) is 0 Å². The summed E-state index contributed by atoms with van der Waals surface area (Å²) in [5, 5.41) is 6.68. The number of aryl methyl sites for hydroxylation is 3. The third-order valence-electron chi connectivity index (χ3n) is 3.76. The first-order valence-corrected chi connectivity index (χ1v) is 8.18. The van der Waals surface area contributed by atoms with Crippen LogP contribution in [0.4, 0.5) is 23.0 Å². The molecule has 24 heavy (non-hydrogen) atoms. The minimum atomic E-state index is 0.723. The van der Waals surface area contributed by atoms with Crippen LogP contribution in [0.1, 0.15) is 23.9 Å². The average Bonchev–Trinajstić information content (AvgIpc) is 2.55. The molecule has 0 aliphatic carbocycles. The fourth-order valence-electron chi connectivity index (χ4n) is 2.54. The summed E-state index contributed by atoms with van der Waals surface area (Å²) in [4.78, 5) is 8.93. The van der Waals surface area contributed by atoms with Gasteiger partial charge < -0.3 is 10.6 Å². The molecule has 0 spiro atoms. The van der Waals surface area contributed by atoms with E-state index in [0.29, 0.717) is 0 Å². The molecule has 0 aliphatic rings. The number of nitrogens with zero attached hydrogens (tertiary/aromatic N) is 2. The summed E-state index contributed by atoms with van der Waals surface area (Å²) in [7, 11) is 0. The predicted octanol–water partition coefficient (Wildman–Crippen LogP) is 5.14. The van der Waals surface area contributed by atoms with E-state index in [1.165, 1.54) is 11.1 Å². The first-order chi connectivity index (χ1) is 11.6. The van der Waals surface area contributed by atoms with Crippen molar-refractivity contribution in [2.45, 2.75) is 27.2 Å². The topological polar surface area (TPSA) is 49.8 Å². The lowest BCUT2D eigenvalue weighted by Crippen LogP contribution is -2.01. The van der Waals surface area contributed by atoms with Gasteiger partial charge in [-0.05, 0) is 55.7 Å². The van der Waals surface area contributed by atoms with Gasteiger partial charge in [0.2, 0.25) is 0 Å². The van der Waals surface area contributed by atoms with Gasteiger partial charge >= 0.3 is 0 Å². The maximum atomic E-state index is 4.47. The molecule has 0 amide bonds. The Kier molecular flexibility index (Phi) is 4.75. The van der Waals surface area contributed by atoms with Gasteiger partial charge in [-0.3, -0.25) is 0 Å². The summed E-state index contributed by atoms with van der Waals surface area (Å²) in [6.07, 6.45) is 1.04. The number of hydrogen-bond acceptors (Lipinski definition) is 4. The fraction of sp³-hybridized carbons (Fsp3) is 0.200. The van der Waals surface area contributed by atoms with E-state index in [-0.39, 0.29) is 0 Å². The van der Waals surface area contributed by atoms with Gasteiger partial charge in [-0.1, -0.05) is 31.2 Å². The number of nitrogens with one attached hydrogen (secondary N) is 2. The van der Waals surface area contributed by atoms with E-state index < -0.39 is 0 Å². The largest absolute Gasteiger partial charge is 0.340 e. The quantitative estimate of drug-likeness (QED) is 0.683. The summed E-state index contributed by atoms with van der Waals surface area (Å²) in [6.45, 7) is 6.12. The van der Waals surface area contributed by atoms with Crippen LogP contribution in [0.5, 0.6) is 0 Å². The van der Waals surface area contributed by atoms with Gasteiger partial charge in [-0.2, -0.15) is 0 Å². The van der Waals surface area contributed by atoms with Crippen LogP contribution in [0.25, 0.3) is 0 Å². The van der Waals surface area contributed by atoms with Crippen LogP contribution in [0.2, 0.25) is 0 Å². The Balaban J connectivity index is 1.80. The molecular formula is C20H22N4. The molecule has 0 unspecified atom stereocenters. The minimum Gasteiger partial charge on any atom is -0.340 e. The van der Waals surface area contributed by atoms with E-state index in [0.717, 1.165) is 35.3 Å². The summed E-state index contributed by atoms with van der Waals surface area (Å²) in [5.41, 5.74) is 4.57. The maximum absolute atomic E-state index is 4.47. The highest BCUT2D eigenvalue weighted by molar-refractivity contribution is 5.63. The molecule has 0 saturated carbocycles. The first-order valence-electron chi connectivity index (χ1n) is 8.18. The molecular weight excluding hydrogens is 296 g/mol. The van der Waals surface area contributed by atoms with Crippen LogP contribution in [-0.2, 0) is 6.42 Å². The van der Waals surface area contributed by atoms with Crippen LogP contribution >= 0.6 is 0 Å². The second-order valence-corrected chi connectivity index (χ2v) is 5.86. The molecule has 3 aromatic rings. The van der Waals surface area contributed by atoms with Gasteiger partial charge in [-0.15, -0.1) is 0 Å². The Labute approximate surface area is 143 Å². The summed E-state index contributed by atoms with van der Waals surface area (Å²) >= 11 is 0. The number of aromatic nitrogens is 2. The molecule has 0 saturated heterocycles. The molecule has 0 bridgehead atoms. The highest BCUT2D eigenvalue weighted by Crippen LogP contribution is 2.21. The Hall–Kier alpha value is -2.88. The monoisotopic (exact) mass is 318 g/mol. The third kappa shape index (κ3) is 4.10. The molecule has 0 atom stereocenters. The Morgan fingerprint density at radius 3 is 2.08 bits per heavy atom. The molecule has 1 aromatic heterocycles. The second kappa shape index (κ2) is 7.13. The molecule has 3 rings (SSSR count). The Bertz CT molecular complexity index is 825. The van der Waals surface area contributed by atoms with Crippen LogP contribution < -0.4 is 10.6 Å². The van der Waals surface area contributed by atoms with E-state index in [2.05, 4.69) is 70.8 Å². The van der Waals surface area contributed by atoms with E-state index >= 15 is 0 Å². The molecule has 2 N–H and O–H groups in total. The number of hydrogen-bond donors (Lipinski definition) is 2. The molecule has 2 aromatic carbocycles. The zero-order valence-electron chi connectivity index (χ0n) is 14.3. The summed E-state index contributed by atoms with van der Waals surface area (Å²) < 4.78 is 0. The van der Waals surface area contributed by atoms with Crippen molar-refractivity contribution in [3.05, 3.63) is 71.5 Å². The summed E-state index contributed by atoms with van der Waals surface area (Å²) in [6, 6.07) is 18.5. The standard InChI is InChI=1S/C20H22N4/c1-4-16-8-10-17(11-9-16)23-19-13-20(22-15(3)21-19)24-18-7-5-6-14(2)12-18/h5-13H,4H2,1-3H3,(H2,21,22,23,24). The van der Waals surface area contributed by atoms with Crippen LogP contribution in [-0.4, -0.2) is 9.97 Å². The number of benzene rings is 2. The van der Waals surface area contributed by atoms with Crippen molar-refractivity contribution < 1.29 is 0 Å². The number of anilines is 4. The third-order valence-corrected chi connectivity index (χ3v) is 3.76. The van der Waals surface area contributed by atoms with Gasteiger partial charge in [-0.25, -0.2) is 9.97 Å². The van der Waals surface area contributed by atoms with Crippen LogP contribution in [0, 0.1) is 13.8 Å². The lowest BCUT2D eigenvalue weighted by Gasteiger charge is -2.11. The van der Waals surface area contributed by atoms with Crippen molar-refractivity contribution in [2.75, 3.05) is 10.6 Å². The molecule has 4 heteroatoms. The van der Waals surface area contributed by atoms with Crippen LogP contribution in [0.15, 0.2) is 54.6 Å². The molecule has 0 aliphatic heterocycles. The average molecular weight is 318 g/mol. The van der Waals surface area contributed by atoms with Crippen molar-refractivity contribution in [3.63, 3.8) is 0 Å². The Morgan fingerprint density at radius 2 is 1.46 bits per heavy atom. The van der Waals surface area contributed by atoms with Crippen molar-refractivity contribution >= 4 is 23.0 Å². The van der Waals surface area contributed by atoms with Crippen molar-refractivity contribution in [2.24, 2.45) is 0 Å². The van der Waals surface area contributed by atoms with Gasteiger partial charge in [0.25, 0.3) is 0 Å². The zero-order valence-corrected chi connectivity index (χ0v) is 14.3. The maximum Gasteiger partial charge on any atom is 0.136 e. The van der Waals surface area contributed by atoms with Gasteiger partial charge in [0.1, 0.15) is 17.5 Å². The van der Waals surface area contributed by atoms with Crippen molar-refractivity contribution in [1.29, 1.82) is 0 Å². The normalized spacial score (nSPS) is 10.5. The van der Waals surface area contributed by atoms with Crippen molar-refractivity contribution in [1.82, 2.24) is 9.97 Å². The first kappa shape index (κ1) is 16.0. The number of rotatable bonds is 5. The Morgan fingerprint density at radius 1 is 0.792 bits per heavy atom. The highest BCUT2D eigenvalue weighted by atomic mass is 15.1. The van der Waals surface area contributed by atoms with Gasteiger partial charge in [0, 0.05) is 17.4 Å². The van der Waals surface area contributed by atoms with E-state index in [9.17, 15) is 0 Å². The van der Waals surface area contributed by atoms with E-state index in [1.54, 1.807) is 0 Å². The van der Waals surface area contributed by atoms with Gasteiger partial charge in [0.15, 0.2) is 0 Å². The zero-order chi connectivity index (χ0) is 16.9. The fourth-order valence-corrected chi connectivity index (χ4v) is 2.54.